The van der Waals surface area contributed by atoms with E-state index in [0.29, 0.717) is 47.7 Å². The molecule has 1 aliphatic heterocycles. The number of likely N-dealkylation sites (tertiary alicyclic amines) is 1. The number of benzene rings is 2. The zero-order valence-corrected chi connectivity index (χ0v) is 33.9. The Labute approximate surface area is 341 Å². The monoisotopic (exact) mass is 799 g/mol. The number of amides is 2. The van der Waals surface area contributed by atoms with Crippen molar-refractivity contribution in [2.75, 3.05) is 63.6 Å². The quantitative estimate of drug-likeness (QED) is 0.0380. The van der Waals surface area contributed by atoms with E-state index in [2.05, 4.69) is 37.0 Å². The van der Waals surface area contributed by atoms with Gasteiger partial charge in [-0.1, -0.05) is 49.6 Å². The van der Waals surface area contributed by atoms with Crippen molar-refractivity contribution >= 4 is 40.5 Å². The summed E-state index contributed by atoms with van der Waals surface area (Å²) in [4.78, 5) is 49.1. The average molecular weight is 799 g/mol. The number of nitrogens with two attached hydrogens (primary N) is 1. The topological polar surface area (TPSA) is 224 Å². The molecule has 2 amide bonds. The lowest BCUT2D eigenvalue weighted by Crippen LogP contribution is -2.44. The molecule has 0 radical (unpaired) electrons. The van der Waals surface area contributed by atoms with E-state index in [4.69, 9.17) is 26.0 Å². The summed E-state index contributed by atoms with van der Waals surface area (Å²) in [5.74, 6) is 0.221. The lowest BCUT2D eigenvalue weighted by molar-refractivity contribution is -0.132. The van der Waals surface area contributed by atoms with Gasteiger partial charge in [-0.25, -0.2) is 15.3 Å². The minimum Gasteiger partial charge on any atom is -0.465 e. The number of fused-ring (bicyclic) bond motifs is 1. The molecule has 9 N–H and O–H groups in total. The minimum atomic E-state index is -0.861. The van der Waals surface area contributed by atoms with Gasteiger partial charge < -0.3 is 47.3 Å². The first-order chi connectivity index (χ1) is 28.3. The van der Waals surface area contributed by atoms with Crippen LogP contribution in [0.5, 0.6) is 0 Å². The lowest BCUT2D eigenvalue weighted by atomic mass is 9.95. The third kappa shape index (κ3) is 14.0. The van der Waals surface area contributed by atoms with Crippen molar-refractivity contribution in [3.05, 3.63) is 71.6 Å². The highest BCUT2D eigenvalue weighted by atomic mass is 16.5. The van der Waals surface area contributed by atoms with Gasteiger partial charge in [0.25, 0.3) is 0 Å². The number of ether oxygens (including phenoxy) is 1. The van der Waals surface area contributed by atoms with Crippen LogP contribution in [-0.2, 0) is 20.9 Å². The molecular formula is C42H62N12O4. The van der Waals surface area contributed by atoms with Crippen LogP contribution in [-0.4, -0.2) is 104 Å². The summed E-state index contributed by atoms with van der Waals surface area (Å²) in [5.41, 5.74) is 16.1. The number of nitrogens with one attached hydrogen (secondary N) is 7. The molecule has 16 nitrogen and oxygen atoms in total. The normalized spacial score (nSPS) is 15.8. The average Bonchev–Trinajstić information content (AvgIpc) is 3.26. The second kappa shape index (κ2) is 23.9. The number of carbonyl (C=O) groups is 3. The van der Waals surface area contributed by atoms with Gasteiger partial charge in [-0.05, 0) is 88.3 Å². The van der Waals surface area contributed by atoms with E-state index < -0.39 is 12.0 Å². The summed E-state index contributed by atoms with van der Waals surface area (Å²) in [6.07, 6.45) is 12.4. The molecule has 1 atom stereocenters. The Morgan fingerprint density at radius 3 is 2.47 bits per heavy atom. The van der Waals surface area contributed by atoms with Crippen LogP contribution in [0.2, 0.25) is 0 Å². The number of methoxy groups -OCH3 is 1. The molecule has 5 rings (SSSR count). The van der Waals surface area contributed by atoms with Crippen LogP contribution in [0, 0.1) is 5.53 Å². The maximum Gasteiger partial charge on any atom is 0.338 e. The molecule has 2 heterocycles. The van der Waals surface area contributed by atoms with Crippen LogP contribution in [0.25, 0.3) is 10.9 Å². The van der Waals surface area contributed by atoms with Crippen LogP contribution >= 0.6 is 0 Å². The summed E-state index contributed by atoms with van der Waals surface area (Å²) in [6, 6.07) is 14.6. The number of nitrogens with zero attached hydrogens (tertiary/aromatic N) is 4. The van der Waals surface area contributed by atoms with Gasteiger partial charge in [0.1, 0.15) is 5.82 Å². The zero-order valence-electron chi connectivity index (χ0n) is 33.9. The molecule has 0 bridgehead atoms. The van der Waals surface area contributed by atoms with Gasteiger partial charge in [0, 0.05) is 56.3 Å². The number of anilines is 2. The van der Waals surface area contributed by atoms with E-state index in [1.807, 2.05) is 29.2 Å². The smallest absolute Gasteiger partial charge is 0.338 e. The minimum absolute atomic E-state index is 0.0421. The number of rotatable bonds is 23. The number of aromatic nitrogens is 2. The summed E-state index contributed by atoms with van der Waals surface area (Å²) in [7, 11) is 1.31. The fourth-order valence-corrected chi connectivity index (χ4v) is 7.35. The molecule has 2 aromatic carbocycles. The third-order valence-corrected chi connectivity index (χ3v) is 10.8. The Kier molecular flexibility index (Phi) is 18.1. The maximum atomic E-state index is 13.1. The summed E-state index contributed by atoms with van der Waals surface area (Å²) < 4.78 is 4.82. The molecule has 3 aromatic rings. The fourth-order valence-electron chi connectivity index (χ4n) is 7.35. The molecule has 1 aromatic heterocycles. The first kappa shape index (κ1) is 43.9. The van der Waals surface area contributed by atoms with Gasteiger partial charge in [0.15, 0.2) is 0 Å². The van der Waals surface area contributed by atoms with E-state index in [0.717, 1.165) is 62.8 Å². The van der Waals surface area contributed by atoms with Crippen LogP contribution in [0.1, 0.15) is 86.6 Å². The van der Waals surface area contributed by atoms with Gasteiger partial charge in [-0.3, -0.25) is 9.59 Å². The molecule has 0 spiro atoms. The molecule has 58 heavy (non-hydrogen) atoms. The number of esters is 1. The molecule has 1 unspecified atom stereocenters. The Hall–Kier alpha value is -5.19. The lowest BCUT2D eigenvalue weighted by Gasteiger charge is -2.33. The zero-order chi connectivity index (χ0) is 41.0. The van der Waals surface area contributed by atoms with Crippen molar-refractivity contribution in [1.29, 1.82) is 5.53 Å². The highest BCUT2D eigenvalue weighted by Crippen LogP contribution is 2.25. The second-order valence-electron chi connectivity index (χ2n) is 15.0. The van der Waals surface area contributed by atoms with Crippen molar-refractivity contribution < 1.29 is 19.1 Å². The molecule has 2 fully saturated rings. The van der Waals surface area contributed by atoms with Crippen LogP contribution in [0.15, 0.2) is 65.5 Å². The number of piperidine rings is 1. The molecule has 314 valence electrons. The molecule has 16 heteroatoms. The van der Waals surface area contributed by atoms with Crippen LogP contribution < -0.4 is 37.6 Å². The van der Waals surface area contributed by atoms with Crippen molar-refractivity contribution in [3.8, 4) is 0 Å². The van der Waals surface area contributed by atoms with E-state index in [-0.39, 0.29) is 43.8 Å². The van der Waals surface area contributed by atoms with Crippen molar-refractivity contribution in [1.82, 2.24) is 36.1 Å². The number of hydrogen-bond donors (Lipinski definition) is 8. The van der Waals surface area contributed by atoms with Gasteiger partial charge >= 0.3 is 5.97 Å². The SMILES string of the molecule is COC(=O)c1ccccc1CNC(=O)C(N)CCC(=O)N1CCC(Nc2nc(NC/C(=C/NCCCNCCCNC3CCCCC3)N=N)nc3ccccc23)CC1. The Balaban J connectivity index is 1.01. The first-order valence-electron chi connectivity index (χ1n) is 20.8. The Bertz CT molecular complexity index is 1810. The Morgan fingerprint density at radius 1 is 0.948 bits per heavy atom. The fraction of sp³-hybridized carbons (Fsp3) is 0.548. The van der Waals surface area contributed by atoms with Crippen molar-refractivity contribution in [2.45, 2.75) is 95.3 Å². The second-order valence-corrected chi connectivity index (χ2v) is 15.0. The molecular weight excluding hydrogens is 737 g/mol. The van der Waals surface area contributed by atoms with E-state index in [1.165, 1.54) is 39.2 Å². The number of para-hydroxylation sites is 1. The largest absolute Gasteiger partial charge is 0.465 e. The van der Waals surface area contributed by atoms with Gasteiger partial charge in [-0.2, -0.15) is 10.1 Å². The number of carbonyl (C=O) groups excluding carboxylic acids is 3. The predicted molar refractivity (Wildman–Crippen MR) is 226 cm³/mol. The van der Waals surface area contributed by atoms with Gasteiger partial charge in [0.05, 0.1) is 36.5 Å². The maximum absolute atomic E-state index is 13.1. The molecule has 1 aliphatic carbocycles. The van der Waals surface area contributed by atoms with Gasteiger partial charge in [-0.15, -0.1) is 0 Å². The van der Waals surface area contributed by atoms with E-state index in [9.17, 15) is 14.4 Å². The first-order valence-corrected chi connectivity index (χ1v) is 20.8. The van der Waals surface area contributed by atoms with Crippen LogP contribution in [0.3, 0.4) is 0 Å². The summed E-state index contributed by atoms with van der Waals surface area (Å²) in [6.45, 7) is 5.33. The molecule has 2 aliphatic rings. The highest BCUT2D eigenvalue weighted by Gasteiger charge is 2.25. The van der Waals surface area contributed by atoms with E-state index in [1.54, 1.807) is 30.5 Å². The third-order valence-electron chi connectivity index (χ3n) is 10.8. The van der Waals surface area contributed by atoms with E-state index >= 15 is 0 Å². The molecule has 1 saturated heterocycles. The van der Waals surface area contributed by atoms with Crippen molar-refractivity contribution in [2.24, 2.45) is 10.8 Å². The van der Waals surface area contributed by atoms with Crippen LogP contribution in [0.4, 0.5) is 11.8 Å². The summed E-state index contributed by atoms with van der Waals surface area (Å²) >= 11 is 0. The summed E-state index contributed by atoms with van der Waals surface area (Å²) in [5, 5.41) is 24.7. The standard InChI is InChI=1S/C42H62N12O4/c1-58-41(57)34-14-6-5-11-30(34)27-48-40(56)36(43)17-18-38(55)54-25-19-32(20-26-54)50-39-35-15-7-8-16-37(35)51-42(52-39)49-29-33(53-44)28-46-23-9-21-45-22-10-24-47-31-12-3-2-4-13-31/h5-8,11,14-16,28,31-32,36,44-47H,2-4,9-10,12-13,17-27,29,43H2,1H3,(H,48,56)(H2,49,50,51,52)/b33-28-,53-44?. The molecule has 1 saturated carbocycles. The Morgan fingerprint density at radius 2 is 1.69 bits per heavy atom. The highest BCUT2D eigenvalue weighted by molar-refractivity contribution is 5.91. The van der Waals surface area contributed by atoms with Crippen molar-refractivity contribution in [3.63, 3.8) is 0 Å². The van der Waals surface area contributed by atoms with Gasteiger partial charge in [0.2, 0.25) is 17.8 Å². The predicted octanol–water partition coefficient (Wildman–Crippen LogP) is 4.41. The number of hydrogen-bond acceptors (Lipinski definition) is 14.